The van der Waals surface area contributed by atoms with Gasteiger partial charge in [0, 0.05) is 5.56 Å². The minimum atomic E-state index is -0.421. The van der Waals surface area contributed by atoms with Crippen LogP contribution in [0.25, 0.3) is 22.6 Å². The zero-order chi connectivity index (χ0) is 20.9. The second-order valence-corrected chi connectivity index (χ2v) is 6.41. The van der Waals surface area contributed by atoms with Crippen molar-refractivity contribution in [1.82, 2.24) is 4.98 Å². The number of rotatable bonds is 6. The molecule has 152 valence electrons. The van der Waals surface area contributed by atoms with Crippen molar-refractivity contribution >= 4 is 28.5 Å². The molecule has 0 atom stereocenters. The van der Waals surface area contributed by atoms with Gasteiger partial charge in [-0.1, -0.05) is 24.3 Å². The molecule has 30 heavy (non-hydrogen) atoms. The van der Waals surface area contributed by atoms with Gasteiger partial charge in [0.25, 0.3) is 0 Å². The smallest absolute Gasteiger partial charge is 0.323 e. The molecule has 0 radical (unpaired) electrons. The normalized spacial score (nSPS) is 10.6. The van der Waals surface area contributed by atoms with Gasteiger partial charge in [-0.2, -0.15) is 0 Å². The molecule has 4 aromatic rings. The summed E-state index contributed by atoms with van der Waals surface area (Å²) in [7, 11) is 1.54. The molecule has 1 heterocycles. The van der Waals surface area contributed by atoms with Gasteiger partial charge in [-0.05, 0) is 49.4 Å². The van der Waals surface area contributed by atoms with Crippen LogP contribution in [0.5, 0.6) is 11.5 Å². The van der Waals surface area contributed by atoms with Crippen LogP contribution in [0.2, 0.25) is 0 Å². The molecule has 0 unspecified atom stereocenters. The summed E-state index contributed by atoms with van der Waals surface area (Å²) in [6.07, 6.45) is 0. The first kappa shape index (κ1) is 19.3. The van der Waals surface area contributed by atoms with Gasteiger partial charge in [0.1, 0.15) is 17.0 Å². The van der Waals surface area contributed by atoms with E-state index in [9.17, 15) is 4.79 Å². The lowest BCUT2D eigenvalue weighted by Crippen LogP contribution is -2.20. The molecule has 0 aliphatic carbocycles. The number of hydrogen-bond donors (Lipinski definition) is 2. The van der Waals surface area contributed by atoms with Crippen LogP contribution in [0.3, 0.4) is 0 Å². The predicted octanol–water partition coefficient (Wildman–Crippen LogP) is 5.55. The lowest BCUT2D eigenvalue weighted by molar-refractivity contribution is 0.261. The first-order valence-electron chi connectivity index (χ1n) is 9.51. The highest BCUT2D eigenvalue weighted by molar-refractivity contribution is 6.02. The zero-order valence-electron chi connectivity index (χ0n) is 16.6. The number of urea groups is 1. The topological polar surface area (TPSA) is 85.6 Å². The quantitative estimate of drug-likeness (QED) is 0.441. The third-order valence-electron chi connectivity index (χ3n) is 4.42. The highest BCUT2D eigenvalue weighted by Gasteiger charge is 2.14. The van der Waals surface area contributed by atoms with Gasteiger partial charge >= 0.3 is 6.03 Å². The number of hydrogen-bond acceptors (Lipinski definition) is 5. The summed E-state index contributed by atoms with van der Waals surface area (Å²) in [5.74, 6) is 1.58. The average molecular weight is 403 g/mol. The summed E-state index contributed by atoms with van der Waals surface area (Å²) in [6, 6.07) is 19.7. The second kappa shape index (κ2) is 8.57. The van der Waals surface area contributed by atoms with Crippen LogP contribution in [0.1, 0.15) is 6.92 Å². The summed E-state index contributed by atoms with van der Waals surface area (Å²) in [4.78, 5) is 17.1. The van der Waals surface area contributed by atoms with Crippen molar-refractivity contribution in [1.29, 1.82) is 0 Å². The van der Waals surface area contributed by atoms with Gasteiger partial charge in [-0.15, -0.1) is 0 Å². The van der Waals surface area contributed by atoms with Crippen molar-refractivity contribution < 1.29 is 18.7 Å². The maximum atomic E-state index is 12.6. The van der Waals surface area contributed by atoms with Crippen LogP contribution in [0.4, 0.5) is 16.2 Å². The summed E-state index contributed by atoms with van der Waals surface area (Å²) in [5.41, 5.74) is 3.25. The maximum Gasteiger partial charge on any atom is 0.323 e. The first-order chi connectivity index (χ1) is 14.7. The Kier molecular flexibility index (Phi) is 5.52. The lowest BCUT2D eigenvalue weighted by atomic mass is 10.2. The Bertz CT molecular complexity index is 1150. The molecule has 0 aliphatic heterocycles. The predicted molar refractivity (Wildman–Crippen MR) is 116 cm³/mol. The van der Waals surface area contributed by atoms with E-state index in [0.29, 0.717) is 41.0 Å². The van der Waals surface area contributed by atoms with E-state index in [1.807, 2.05) is 49.4 Å². The Morgan fingerprint density at radius 1 is 0.967 bits per heavy atom. The van der Waals surface area contributed by atoms with E-state index in [1.165, 1.54) is 0 Å². The van der Waals surface area contributed by atoms with Gasteiger partial charge in [-0.3, -0.25) is 0 Å². The Hall–Kier alpha value is -4.00. The number of oxazole rings is 1. The standard InChI is InChI=1S/C23H21N3O4/c1-3-29-20-10-6-4-8-16(20)25-23(27)26-18-14-15(12-13-19(18)28-2)22-24-17-9-5-7-11-21(17)30-22/h4-14H,3H2,1-2H3,(H2,25,26,27). The van der Waals surface area contributed by atoms with E-state index in [0.717, 1.165) is 11.1 Å². The van der Waals surface area contributed by atoms with Crippen LogP contribution < -0.4 is 20.1 Å². The van der Waals surface area contributed by atoms with Crippen LogP contribution >= 0.6 is 0 Å². The van der Waals surface area contributed by atoms with E-state index in [2.05, 4.69) is 15.6 Å². The number of methoxy groups -OCH3 is 1. The van der Waals surface area contributed by atoms with E-state index in [1.54, 1.807) is 31.4 Å². The van der Waals surface area contributed by atoms with Crippen molar-refractivity contribution in [3.63, 3.8) is 0 Å². The third kappa shape index (κ3) is 4.05. The van der Waals surface area contributed by atoms with E-state index >= 15 is 0 Å². The number of ether oxygens (including phenoxy) is 2. The highest BCUT2D eigenvalue weighted by Crippen LogP contribution is 2.32. The number of para-hydroxylation sites is 4. The molecule has 0 saturated heterocycles. The molecule has 0 bridgehead atoms. The second-order valence-electron chi connectivity index (χ2n) is 6.41. The molecule has 3 aromatic carbocycles. The Labute approximate surface area is 173 Å². The molecular weight excluding hydrogens is 382 g/mol. The van der Waals surface area contributed by atoms with Gasteiger partial charge < -0.3 is 24.5 Å². The number of nitrogens with one attached hydrogen (secondary N) is 2. The molecule has 1 aromatic heterocycles. The minimum absolute atomic E-state index is 0.421. The fraction of sp³-hybridized carbons (Fsp3) is 0.130. The van der Waals surface area contributed by atoms with Crippen molar-refractivity contribution in [2.45, 2.75) is 6.92 Å². The Morgan fingerprint density at radius 3 is 2.53 bits per heavy atom. The molecule has 2 N–H and O–H groups in total. The van der Waals surface area contributed by atoms with Crippen molar-refractivity contribution in [3.05, 3.63) is 66.7 Å². The fourth-order valence-electron chi connectivity index (χ4n) is 3.06. The molecular formula is C23H21N3O4. The number of carbonyl (C=O) groups excluding carboxylic acids is 1. The first-order valence-corrected chi connectivity index (χ1v) is 9.51. The minimum Gasteiger partial charge on any atom is -0.495 e. The van der Waals surface area contributed by atoms with Crippen LogP contribution in [-0.2, 0) is 0 Å². The van der Waals surface area contributed by atoms with Gasteiger partial charge in [0.15, 0.2) is 5.58 Å². The average Bonchev–Trinajstić information content (AvgIpc) is 3.19. The molecule has 2 amide bonds. The molecule has 7 nitrogen and oxygen atoms in total. The molecule has 7 heteroatoms. The monoisotopic (exact) mass is 403 g/mol. The van der Waals surface area contributed by atoms with Gasteiger partial charge in [-0.25, -0.2) is 9.78 Å². The summed E-state index contributed by atoms with van der Waals surface area (Å²) in [6.45, 7) is 2.39. The number of nitrogens with zero attached hydrogens (tertiary/aromatic N) is 1. The highest BCUT2D eigenvalue weighted by atomic mass is 16.5. The van der Waals surface area contributed by atoms with E-state index < -0.39 is 6.03 Å². The number of carbonyl (C=O) groups is 1. The number of benzene rings is 3. The van der Waals surface area contributed by atoms with Crippen LogP contribution in [-0.4, -0.2) is 24.7 Å². The van der Waals surface area contributed by atoms with Crippen LogP contribution in [0.15, 0.2) is 71.1 Å². The van der Waals surface area contributed by atoms with E-state index in [4.69, 9.17) is 13.9 Å². The third-order valence-corrected chi connectivity index (χ3v) is 4.42. The Morgan fingerprint density at radius 2 is 1.73 bits per heavy atom. The molecule has 0 saturated carbocycles. The van der Waals surface area contributed by atoms with Crippen LogP contribution in [0, 0.1) is 0 Å². The summed E-state index contributed by atoms with van der Waals surface area (Å²) < 4.78 is 16.8. The lowest BCUT2D eigenvalue weighted by Gasteiger charge is -2.14. The fourth-order valence-corrected chi connectivity index (χ4v) is 3.06. The number of aromatic nitrogens is 1. The largest absolute Gasteiger partial charge is 0.495 e. The van der Waals surface area contributed by atoms with E-state index in [-0.39, 0.29) is 0 Å². The zero-order valence-corrected chi connectivity index (χ0v) is 16.6. The van der Waals surface area contributed by atoms with Gasteiger partial charge in [0.2, 0.25) is 5.89 Å². The number of anilines is 2. The maximum absolute atomic E-state index is 12.6. The SMILES string of the molecule is CCOc1ccccc1NC(=O)Nc1cc(-c2nc3ccccc3o2)ccc1OC. The number of fused-ring (bicyclic) bond motifs is 1. The van der Waals surface area contributed by atoms with Gasteiger partial charge in [0.05, 0.1) is 25.1 Å². The number of amides is 2. The Balaban J connectivity index is 1.59. The molecule has 0 spiro atoms. The molecule has 4 rings (SSSR count). The van der Waals surface area contributed by atoms with Crippen molar-refractivity contribution in [2.24, 2.45) is 0 Å². The molecule has 0 fully saturated rings. The van der Waals surface area contributed by atoms with Crippen molar-refractivity contribution in [3.8, 4) is 23.0 Å². The summed E-state index contributed by atoms with van der Waals surface area (Å²) in [5, 5.41) is 5.63. The summed E-state index contributed by atoms with van der Waals surface area (Å²) >= 11 is 0. The van der Waals surface area contributed by atoms with Crippen molar-refractivity contribution in [2.75, 3.05) is 24.4 Å². The molecule has 0 aliphatic rings.